The lowest BCUT2D eigenvalue weighted by Crippen LogP contribution is -2.01. The average Bonchev–Trinajstić information content (AvgIpc) is 3.03. The molecule has 6 heteroatoms. The van der Waals surface area contributed by atoms with E-state index in [0.717, 1.165) is 44.5 Å². The van der Waals surface area contributed by atoms with Crippen molar-refractivity contribution >= 4 is 16.7 Å². The van der Waals surface area contributed by atoms with E-state index in [4.69, 9.17) is 24.5 Å². The number of nitrogens with zero attached hydrogens (tertiary/aromatic N) is 2. The second kappa shape index (κ2) is 11.7. The number of aromatic carboxylic acids is 1. The number of hydrogen-bond donors (Lipinski definition) is 1. The van der Waals surface area contributed by atoms with E-state index in [0.29, 0.717) is 24.9 Å². The number of fused-ring (bicyclic) bond motifs is 1. The Balaban J connectivity index is 1.25. The van der Waals surface area contributed by atoms with Crippen LogP contribution in [-0.4, -0.2) is 21.0 Å². The number of ether oxygens (including phenoxy) is 2. The molecule has 6 nitrogen and oxygen atoms in total. The number of carboxylic acid groups (broad SMARTS) is 1. The molecule has 0 unspecified atom stereocenters. The lowest BCUT2D eigenvalue weighted by atomic mass is 10.1. The Hall–Kier alpha value is -5.49. The molecule has 1 aromatic heterocycles. The molecule has 0 amide bonds. The molecular formula is C35H26N2O4. The smallest absolute Gasteiger partial charge is 0.335 e. The van der Waals surface area contributed by atoms with Crippen LogP contribution in [0.15, 0.2) is 127 Å². The van der Waals surface area contributed by atoms with Gasteiger partial charge in [-0.1, -0.05) is 91.0 Å². The molecule has 41 heavy (non-hydrogen) atoms. The highest BCUT2D eigenvalue weighted by molar-refractivity contribution is 5.88. The SMILES string of the molecule is O=C(O)c1ccc(COc2ccc3cc(-c4nc(OCc5ccccc5)cc(-c5ccccc5)n4)ccc3c2)cc1. The van der Waals surface area contributed by atoms with Crippen molar-refractivity contribution in [1.82, 2.24) is 9.97 Å². The summed E-state index contributed by atoms with van der Waals surface area (Å²) in [6.07, 6.45) is 0. The minimum Gasteiger partial charge on any atom is -0.489 e. The van der Waals surface area contributed by atoms with Gasteiger partial charge in [0.15, 0.2) is 5.82 Å². The van der Waals surface area contributed by atoms with Crippen LogP contribution in [0.5, 0.6) is 11.6 Å². The summed E-state index contributed by atoms with van der Waals surface area (Å²) in [6, 6.07) is 40.6. The normalized spacial score (nSPS) is 10.8. The van der Waals surface area contributed by atoms with Gasteiger partial charge in [0.2, 0.25) is 5.88 Å². The van der Waals surface area contributed by atoms with Crippen molar-refractivity contribution in [3.8, 4) is 34.3 Å². The summed E-state index contributed by atoms with van der Waals surface area (Å²) in [6.45, 7) is 0.755. The topological polar surface area (TPSA) is 81.5 Å². The predicted octanol–water partition coefficient (Wildman–Crippen LogP) is 7.82. The molecule has 0 aliphatic heterocycles. The molecule has 0 saturated heterocycles. The van der Waals surface area contributed by atoms with Crippen molar-refractivity contribution in [2.75, 3.05) is 0 Å². The van der Waals surface area contributed by atoms with Crippen LogP contribution in [0, 0.1) is 0 Å². The monoisotopic (exact) mass is 538 g/mol. The van der Waals surface area contributed by atoms with Crippen LogP contribution >= 0.6 is 0 Å². The first-order valence-electron chi connectivity index (χ1n) is 13.2. The molecule has 5 aromatic carbocycles. The van der Waals surface area contributed by atoms with Gasteiger partial charge in [-0.05, 0) is 52.2 Å². The molecule has 6 rings (SSSR count). The van der Waals surface area contributed by atoms with Crippen LogP contribution in [0.3, 0.4) is 0 Å². The van der Waals surface area contributed by atoms with E-state index < -0.39 is 5.97 Å². The number of rotatable bonds is 9. The summed E-state index contributed by atoms with van der Waals surface area (Å²) in [5.41, 5.74) is 4.87. The first-order chi connectivity index (χ1) is 20.1. The van der Waals surface area contributed by atoms with Crippen molar-refractivity contribution in [2.45, 2.75) is 13.2 Å². The summed E-state index contributed by atoms with van der Waals surface area (Å²) in [4.78, 5) is 20.7. The van der Waals surface area contributed by atoms with Crippen LogP contribution in [0.1, 0.15) is 21.5 Å². The van der Waals surface area contributed by atoms with Crippen LogP contribution < -0.4 is 9.47 Å². The van der Waals surface area contributed by atoms with Gasteiger partial charge in [-0.25, -0.2) is 9.78 Å². The van der Waals surface area contributed by atoms with E-state index in [1.165, 1.54) is 0 Å². The molecule has 0 aliphatic carbocycles. The Morgan fingerprint density at radius 3 is 2.02 bits per heavy atom. The van der Waals surface area contributed by atoms with Crippen molar-refractivity contribution in [3.05, 3.63) is 144 Å². The lowest BCUT2D eigenvalue weighted by molar-refractivity contribution is 0.0697. The molecule has 0 saturated carbocycles. The van der Waals surface area contributed by atoms with E-state index in [1.807, 2.05) is 97.1 Å². The Morgan fingerprint density at radius 1 is 0.610 bits per heavy atom. The quantitative estimate of drug-likeness (QED) is 0.202. The maximum Gasteiger partial charge on any atom is 0.335 e. The van der Waals surface area contributed by atoms with Crippen LogP contribution in [0.25, 0.3) is 33.4 Å². The highest BCUT2D eigenvalue weighted by Gasteiger charge is 2.11. The number of benzene rings is 5. The Labute approximate surface area is 237 Å². The molecule has 0 atom stereocenters. The van der Waals surface area contributed by atoms with Crippen LogP contribution in [0.2, 0.25) is 0 Å². The zero-order chi connectivity index (χ0) is 28.0. The maximum atomic E-state index is 11.1. The molecule has 0 aliphatic rings. The van der Waals surface area contributed by atoms with E-state index in [-0.39, 0.29) is 5.56 Å². The molecular weight excluding hydrogens is 512 g/mol. The fraction of sp³-hybridized carbons (Fsp3) is 0.0571. The first-order valence-corrected chi connectivity index (χ1v) is 13.2. The highest BCUT2D eigenvalue weighted by atomic mass is 16.5. The molecule has 0 radical (unpaired) electrons. The Bertz CT molecular complexity index is 1800. The highest BCUT2D eigenvalue weighted by Crippen LogP contribution is 2.29. The van der Waals surface area contributed by atoms with Crippen molar-refractivity contribution in [1.29, 1.82) is 0 Å². The molecule has 6 aromatic rings. The van der Waals surface area contributed by atoms with E-state index >= 15 is 0 Å². The van der Waals surface area contributed by atoms with Gasteiger partial charge in [0.25, 0.3) is 0 Å². The molecule has 0 bridgehead atoms. The number of aromatic nitrogens is 2. The van der Waals surface area contributed by atoms with Gasteiger partial charge in [-0.3, -0.25) is 0 Å². The summed E-state index contributed by atoms with van der Waals surface area (Å²) in [5.74, 6) is 0.880. The maximum absolute atomic E-state index is 11.1. The first kappa shape index (κ1) is 25.8. The second-order valence-electron chi connectivity index (χ2n) is 9.57. The fourth-order valence-corrected chi connectivity index (χ4v) is 4.48. The summed E-state index contributed by atoms with van der Waals surface area (Å²) in [7, 11) is 0. The van der Waals surface area contributed by atoms with Gasteiger partial charge in [-0.2, -0.15) is 4.98 Å². The summed E-state index contributed by atoms with van der Waals surface area (Å²) < 4.78 is 12.1. The van der Waals surface area contributed by atoms with E-state index in [1.54, 1.807) is 24.3 Å². The summed E-state index contributed by atoms with van der Waals surface area (Å²) >= 11 is 0. The predicted molar refractivity (Wildman–Crippen MR) is 159 cm³/mol. The Morgan fingerprint density at radius 2 is 1.27 bits per heavy atom. The van der Waals surface area contributed by atoms with E-state index in [9.17, 15) is 4.79 Å². The third-order valence-electron chi connectivity index (χ3n) is 6.68. The van der Waals surface area contributed by atoms with Gasteiger partial charge in [0.05, 0.1) is 11.3 Å². The largest absolute Gasteiger partial charge is 0.489 e. The van der Waals surface area contributed by atoms with Crippen molar-refractivity contribution < 1.29 is 19.4 Å². The zero-order valence-corrected chi connectivity index (χ0v) is 22.1. The molecule has 1 N–H and O–H groups in total. The second-order valence-corrected chi connectivity index (χ2v) is 9.57. The van der Waals surface area contributed by atoms with Gasteiger partial charge < -0.3 is 14.6 Å². The number of carboxylic acids is 1. The fourth-order valence-electron chi connectivity index (χ4n) is 4.48. The number of carbonyl (C=O) groups is 1. The van der Waals surface area contributed by atoms with Gasteiger partial charge in [0.1, 0.15) is 19.0 Å². The standard InChI is InChI=1S/C35H26N2O4/c38-35(39)27-13-11-25(12-14-27)22-40-31-18-17-28-19-30(16-15-29(28)20-31)34-36-32(26-9-5-2-6-10-26)21-33(37-34)41-23-24-7-3-1-4-8-24/h1-21H,22-23H2,(H,38,39). The third kappa shape index (κ3) is 6.23. The van der Waals surface area contributed by atoms with Crippen LogP contribution in [0.4, 0.5) is 0 Å². The van der Waals surface area contributed by atoms with Crippen LogP contribution in [-0.2, 0) is 13.2 Å². The molecule has 200 valence electrons. The molecule has 1 heterocycles. The average molecular weight is 539 g/mol. The molecule has 0 fully saturated rings. The third-order valence-corrected chi connectivity index (χ3v) is 6.68. The van der Waals surface area contributed by atoms with Crippen molar-refractivity contribution in [2.24, 2.45) is 0 Å². The van der Waals surface area contributed by atoms with Crippen molar-refractivity contribution in [3.63, 3.8) is 0 Å². The van der Waals surface area contributed by atoms with Gasteiger partial charge >= 0.3 is 5.97 Å². The minimum absolute atomic E-state index is 0.253. The number of hydrogen-bond acceptors (Lipinski definition) is 5. The minimum atomic E-state index is -0.945. The summed E-state index contributed by atoms with van der Waals surface area (Å²) in [5, 5.41) is 11.1. The zero-order valence-electron chi connectivity index (χ0n) is 22.1. The lowest BCUT2D eigenvalue weighted by Gasteiger charge is -2.11. The Kier molecular flexibility index (Phi) is 7.36. The van der Waals surface area contributed by atoms with E-state index in [2.05, 4.69) is 6.07 Å². The van der Waals surface area contributed by atoms with Gasteiger partial charge in [-0.15, -0.1) is 0 Å². The molecule has 0 spiro atoms. The van der Waals surface area contributed by atoms with Gasteiger partial charge in [0, 0.05) is 17.2 Å².